The van der Waals surface area contributed by atoms with Gasteiger partial charge in [-0.05, 0) is 32.1 Å². The highest BCUT2D eigenvalue weighted by atomic mass is 16.5. The Kier molecular flexibility index (Phi) is 9.28. The summed E-state index contributed by atoms with van der Waals surface area (Å²) >= 11 is 0. The summed E-state index contributed by atoms with van der Waals surface area (Å²) in [6.45, 7) is 2.22. The van der Waals surface area contributed by atoms with Gasteiger partial charge in [-0.3, -0.25) is 14.9 Å². The van der Waals surface area contributed by atoms with E-state index in [-0.39, 0.29) is 11.9 Å². The Morgan fingerprint density at radius 2 is 1.93 bits per heavy atom. The first kappa shape index (κ1) is 21.4. The highest BCUT2D eigenvalue weighted by Crippen LogP contribution is 2.25. The van der Waals surface area contributed by atoms with Crippen LogP contribution in [0.1, 0.15) is 84.0 Å². The topological polar surface area (TPSA) is 88.1 Å². The summed E-state index contributed by atoms with van der Waals surface area (Å²) in [5.74, 6) is 0.236. The van der Waals surface area contributed by atoms with Gasteiger partial charge in [-0.2, -0.15) is 5.10 Å². The van der Waals surface area contributed by atoms with E-state index in [1.807, 2.05) is 0 Å². The molecule has 27 heavy (non-hydrogen) atoms. The number of unbranched alkanes of at least 4 members (excludes halogenated alkanes) is 3. The molecule has 1 saturated heterocycles. The van der Waals surface area contributed by atoms with Gasteiger partial charge in [-0.25, -0.2) is 9.80 Å². The summed E-state index contributed by atoms with van der Waals surface area (Å²) in [5.41, 5.74) is 0. The summed E-state index contributed by atoms with van der Waals surface area (Å²) < 4.78 is 4.90. The lowest BCUT2D eigenvalue weighted by atomic mass is 9.87. The maximum atomic E-state index is 12.0. The van der Waals surface area contributed by atoms with Crippen molar-refractivity contribution in [2.75, 3.05) is 6.61 Å². The normalized spacial score (nSPS) is 21.1. The number of imide groups is 1. The Bertz CT molecular complexity index is 529. The van der Waals surface area contributed by atoms with Crippen LogP contribution in [0.3, 0.4) is 0 Å². The van der Waals surface area contributed by atoms with Crippen molar-refractivity contribution >= 4 is 24.1 Å². The van der Waals surface area contributed by atoms with Gasteiger partial charge in [-0.15, -0.1) is 0 Å². The number of rotatable bonds is 11. The first-order chi connectivity index (χ1) is 13.1. The number of nitrogens with one attached hydrogen (secondary N) is 1. The number of ether oxygens (including phenoxy) is 1. The molecule has 0 bridgehead atoms. The monoisotopic (exact) mass is 379 g/mol. The minimum absolute atomic E-state index is 0.156. The van der Waals surface area contributed by atoms with E-state index in [9.17, 15) is 14.4 Å². The van der Waals surface area contributed by atoms with Gasteiger partial charge in [0.05, 0.1) is 6.61 Å². The van der Waals surface area contributed by atoms with E-state index in [1.165, 1.54) is 37.1 Å². The zero-order valence-corrected chi connectivity index (χ0v) is 16.5. The Morgan fingerprint density at radius 3 is 2.67 bits per heavy atom. The molecule has 1 heterocycles. The predicted molar refractivity (Wildman–Crippen MR) is 103 cm³/mol. The first-order valence-corrected chi connectivity index (χ1v) is 10.4. The zero-order chi connectivity index (χ0) is 19.5. The van der Waals surface area contributed by atoms with E-state index >= 15 is 0 Å². The lowest BCUT2D eigenvalue weighted by Crippen LogP contribution is -2.30. The van der Waals surface area contributed by atoms with Gasteiger partial charge in [0.1, 0.15) is 6.04 Å². The van der Waals surface area contributed by atoms with Crippen LogP contribution < -0.4 is 5.32 Å². The fourth-order valence-electron chi connectivity index (χ4n) is 3.79. The van der Waals surface area contributed by atoms with Gasteiger partial charge in [-0.1, -0.05) is 51.4 Å². The molecule has 1 N–H and O–H groups in total. The Morgan fingerprint density at radius 1 is 1.19 bits per heavy atom. The van der Waals surface area contributed by atoms with Crippen LogP contribution in [0.5, 0.6) is 0 Å². The van der Waals surface area contributed by atoms with Crippen molar-refractivity contribution in [3.63, 3.8) is 0 Å². The number of esters is 1. The number of carbonyl (C=O) groups is 3. The van der Waals surface area contributed by atoms with Crippen LogP contribution in [-0.2, 0) is 14.3 Å². The average Bonchev–Trinajstić information content (AvgIpc) is 2.92. The molecule has 1 aliphatic heterocycles. The van der Waals surface area contributed by atoms with Crippen LogP contribution in [0.25, 0.3) is 0 Å². The fraction of sp³-hybridized carbons (Fsp3) is 0.800. The van der Waals surface area contributed by atoms with Crippen molar-refractivity contribution in [2.24, 2.45) is 11.0 Å². The molecule has 0 spiro atoms. The molecule has 0 aromatic heterocycles. The third kappa shape index (κ3) is 7.31. The molecular formula is C20H33N3O4. The summed E-state index contributed by atoms with van der Waals surface area (Å²) in [7, 11) is 0. The maximum absolute atomic E-state index is 12.0. The molecule has 1 saturated carbocycles. The Balaban J connectivity index is 1.68. The molecule has 0 aromatic carbocycles. The zero-order valence-electron chi connectivity index (χ0n) is 16.5. The number of hydrazone groups is 1. The third-order valence-electron chi connectivity index (χ3n) is 5.32. The van der Waals surface area contributed by atoms with Gasteiger partial charge in [0.15, 0.2) is 0 Å². The van der Waals surface area contributed by atoms with Gasteiger partial charge < -0.3 is 4.74 Å². The highest BCUT2D eigenvalue weighted by Gasteiger charge is 2.37. The van der Waals surface area contributed by atoms with Crippen LogP contribution in [0.4, 0.5) is 4.79 Å². The molecule has 1 aliphatic carbocycles. The minimum Gasteiger partial charge on any atom is -0.466 e. The van der Waals surface area contributed by atoms with Gasteiger partial charge >= 0.3 is 12.0 Å². The lowest BCUT2D eigenvalue weighted by molar-refractivity contribution is -0.143. The Hall–Kier alpha value is -1.92. The van der Waals surface area contributed by atoms with Gasteiger partial charge in [0.25, 0.3) is 5.91 Å². The predicted octanol–water partition coefficient (Wildman–Crippen LogP) is 3.77. The molecule has 152 valence electrons. The van der Waals surface area contributed by atoms with Crippen molar-refractivity contribution in [2.45, 2.75) is 90.0 Å². The number of nitrogens with zero attached hydrogens (tertiary/aromatic N) is 2. The van der Waals surface area contributed by atoms with E-state index in [2.05, 4.69) is 10.4 Å². The van der Waals surface area contributed by atoms with Crippen LogP contribution in [0, 0.1) is 5.92 Å². The lowest BCUT2D eigenvalue weighted by Gasteiger charge is -2.20. The number of carbonyl (C=O) groups excluding carboxylic acids is 3. The molecule has 3 amide bonds. The van der Waals surface area contributed by atoms with E-state index in [0.717, 1.165) is 32.1 Å². The molecule has 7 nitrogen and oxygen atoms in total. The SMILES string of the molecule is CCOC(=O)CCCCCCC1C(=O)NC(=O)N1N=CCC1CCCCC1. The quantitative estimate of drug-likeness (QED) is 0.256. The first-order valence-electron chi connectivity index (χ1n) is 10.4. The second-order valence-electron chi connectivity index (χ2n) is 7.45. The van der Waals surface area contributed by atoms with Crippen LogP contribution in [0.2, 0.25) is 0 Å². The second kappa shape index (κ2) is 11.7. The number of urea groups is 1. The van der Waals surface area contributed by atoms with E-state index in [4.69, 9.17) is 4.74 Å². The highest BCUT2D eigenvalue weighted by molar-refractivity contribution is 6.04. The van der Waals surface area contributed by atoms with E-state index in [1.54, 1.807) is 13.1 Å². The summed E-state index contributed by atoms with van der Waals surface area (Å²) in [5, 5.41) is 7.97. The summed E-state index contributed by atoms with van der Waals surface area (Å²) in [4.78, 5) is 35.3. The maximum Gasteiger partial charge on any atom is 0.345 e. The molecule has 1 atom stereocenters. The molecule has 2 fully saturated rings. The number of amides is 3. The Labute approximate surface area is 161 Å². The molecule has 7 heteroatoms. The molecule has 0 aromatic rings. The van der Waals surface area contributed by atoms with Crippen LogP contribution in [-0.4, -0.2) is 41.8 Å². The smallest absolute Gasteiger partial charge is 0.345 e. The summed E-state index contributed by atoms with van der Waals surface area (Å²) in [6, 6.07) is -0.933. The van der Waals surface area contributed by atoms with Crippen molar-refractivity contribution < 1.29 is 19.1 Å². The largest absolute Gasteiger partial charge is 0.466 e. The van der Waals surface area contributed by atoms with Crippen molar-refractivity contribution in [3.05, 3.63) is 0 Å². The molecule has 2 aliphatic rings. The van der Waals surface area contributed by atoms with Crippen molar-refractivity contribution in [1.29, 1.82) is 0 Å². The van der Waals surface area contributed by atoms with Gasteiger partial charge in [0.2, 0.25) is 0 Å². The van der Waals surface area contributed by atoms with Crippen LogP contribution >= 0.6 is 0 Å². The number of hydrogen-bond donors (Lipinski definition) is 1. The molecule has 2 rings (SSSR count). The average molecular weight is 380 g/mol. The molecule has 1 unspecified atom stereocenters. The molecule has 0 radical (unpaired) electrons. The van der Waals surface area contributed by atoms with Gasteiger partial charge in [0, 0.05) is 12.6 Å². The standard InChI is InChI=1S/C20H33N3O4/c1-2-27-18(24)13-9-4-3-8-12-17-19(25)22-20(26)23(17)21-15-14-16-10-6-5-7-11-16/h15-17H,2-14H2,1H3,(H,22,25,26). The van der Waals surface area contributed by atoms with Crippen LogP contribution in [0.15, 0.2) is 5.10 Å². The summed E-state index contributed by atoms with van der Waals surface area (Å²) in [6.07, 6.45) is 13.5. The van der Waals surface area contributed by atoms with E-state index < -0.39 is 12.1 Å². The fourth-order valence-corrected chi connectivity index (χ4v) is 3.79. The second-order valence-corrected chi connectivity index (χ2v) is 7.45. The minimum atomic E-state index is -0.509. The van der Waals surface area contributed by atoms with E-state index in [0.29, 0.717) is 25.4 Å². The molecular weight excluding hydrogens is 346 g/mol. The van der Waals surface area contributed by atoms with Crippen molar-refractivity contribution in [1.82, 2.24) is 10.3 Å². The van der Waals surface area contributed by atoms with Crippen molar-refractivity contribution in [3.8, 4) is 0 Å². The number of hydrogen-bond acceptors (Lipinski definition) is 5. The third-order valence-corrected chi connectivity index (χ3v) is 5.32.